The van der Waals surface area contributed by atoms with Crippen LogP contribution in [0.3, 0.4) is 0 Å². The van der Waals surface area contributed by atoms with E-state index in [1.165, 1.54) is 30.6 Å². The van der Waals surface area contributed by atoms with Crippen molar-refractivity contribution in [2.24, 2.45) is 5.92 Å². The Hall–Kier alpha value is -1.24. The second-order valence-electron chi connectivity index (χ2n) is 4.73. The Morgan fingerprint density at radius 2 is 2.13 bits per heavy atom. The topological polar surface area (TPSA) is 3.24 Å². The van der Waals surface area contributed by atoms with Gasteiger partial charge in [0.05, 0.1) is 0 Å². The van der Waals surface area contributed by atoms with Crippen LogP contribution in [0.2, 0.25) is 0 Å². The summed E-state index contributed by atoms with van der Waals surface area (Å²) >= 11 is 0. The van der Waals surface area contributed by atoms with E-state index in [2.05, 4.69) is 48.4 Å². The van der Waals surface area contributed by atoms with Crippen LogP contribution >= 0.6 is 0 Å². The van der Waals surface area contributed by atoms with Crippen LogP contribution in [0.15, 0.2) is 36.4 Å². The minimum atomic E-state index is 0.672. The molecule has 2 aliphatic rings. The molecule has 1 aromatic rings. The van der Waals surface area contributed by atoms with Gasteiger partial charge in [0.15, 0.2) is 0 Å². The molecule has 0 amide bonds. The summed E-state index contributed by atoms with van der Waals surface area (Å²) in [5, 5.41) is 0. The van der Waals surface area contributed by atoms with Gasteiger partial charge in [-0.15, -0.1) is 0 Å². The van der Waals surface area contributed by atoms with Crippen LogP contribution in [-0.4, -0.2) is 13.6 Å². The fourth-order valence-corrected chi connectivity index (χ4v) is 3.02. The van der Waals surface area contributed by atoms with Gasteiger partial charge in [-0.05, 0) is 30.4 Å². The Labute approximate surface area is 91.4 Å². The van der Waals surface area contributed by atoms with Crippen LogP contribution in [0.4, 0.5) is 5.69 Å². The lowest BCUT2D eigenvalue weighted by Gasteiger charge is -2.39. The molecule has 0 aromatic heterocycles. The largest absolute Gasteiger partial charge is 0.374 e. The van der Waals surface area contributed by atoms with E-state index in [4.69, 9.17) is 0 Å². The first kappa shape index (κ1) is 9.02. The van der Waals surface area contributed by atoms with Gasteiger partial charge in [-0.2, -0.15) is 0 Å². The first-order valence-electron chi connectivity index (χ1n) is 5.83. The Balaban J connectivity index is 2.10. The zero-order valence-electron chi connectivity index (χ0n) is 9.19. The van der Waals surface area contributed by atoms with Gasteiger partial charge in [0, 0.05) is 25.2 Å². The van der Waals surface area contributed by atoms with Crippen molar-refractivity contribution in [3.8, 4) is 0 Å². The first-order chi connectivity index (χ1) is 7.36. The number of allylic oxidation sites excluding steroid dienone is 2. The van der Waals surface area contributed by atoms with Crippen LogP contribution in [0.1, 0.15) is 24.3 Å². The summed E-state index contributed by atoms with van der Waals surface area (Å²) < 4.78 is 0. The molecule has 0 radical (unpaired) electrons. The van der Waals surface area contributed by atoms with Gasteiger partial charge in [-0.25, -0.2) is 0 Å². The molecule has 2 atom stereocenters. The number of rotatable bonds is 0. The third-order valence-corrected chi connectivity index (χ3v) is 3.77. The van der Waals surface area contributed by atoms with Crippen molar-refractivity contribution in [1.29, 1.82) is 0 Å². The zero-order valence-corrected chi connectivity index (χ0v) is 9.19. The van der Waals surface area contributed by atoms with E-state index in [0.29, 0.717) is 5.92 Å². The Kier molecular flexibility index (Phi) is 2.05. The van der Waals surface area contributed by atoms with Crippen molar-refractivity contribution in [1.82, 2.24) is 0 Å². The number of benzene rings is 1. The van der Waals surface area contributed by atoms with Gasteiger partial charge in [0.1, 0.15) is 0 Å². The highest BCUT2D eigenvalue weighted by atomic mass is 15.1. The Morgan fingerprint density at radius 3 is 3.07 bits per heavy atom. The standard InChI is InChI=1S/C14H17N/c1-15-10-11-6-2-3-7-12(11)13-8-4-5-9-14(13)15/h3-5,7-9,11-12H,2,6,10H2,1H3/t11-,12-/m1/s1. The minimum absolute atomic E-state index is 0.672. The molecule has 0 spiro atoms. The summed E-state index contributed by atoms with van der Waals surface area (Å²) in [7, 11) is 2.22. The summed E-state index contributed by atoms with van der Waals surface area (Å²) in [5.74, 6) is 1.50. The number of para-hydroxylation sites is 1. The van der Waals surface area contributed by atoms with E-state index in [0.717, 1.165) is 5.92 Å². The molecule has 0 bridgehead atoms. The molecular formula is C14H17N. The van der Waals surface area contributed by atoms with E-state index >= 15 is 0 Å². The van der Waals surface area contributed by atoms with Crippen molar-refractivity contribution in [3.05, 3.63) is 42.0 Å². The van der Waals surface area contributed by atoms with Crippen molar-refractivity contribution in [3.63, 3.8) is 0 Å². The summed E-state index contributed by atoms with van der Waals surface area (Å²) in [6, 6.07) is 8.84. The first-order valence-corrected chi connectivity index (χ1v) is 5.83. The quantitative estimate of drug-likeness (QED) is 0.580. The fourth-order valence-electron chi connectivity index (χ4n) is 3.02. The van der Waals surface area contributed by atoms with Crippen molar-refractivity contribution >= 4 is 5.69 Å². The van der Waals surface area contributed by atoms with Crippen molar-refractivity contribution in [2.45, 2.75) is 18.8 Å². The number of hydrogen-bond acceptors (Lipinski definition) is 1. The molecule has 0 saturated heterocycles. The van der Waals surface area contributed by atoms with E-state index in [9.17, 15) is 0 Å². The predicted octanol–water partition coefficient (Wildman–Crippen LogP) is 3.19. The smallest absolute Gasteiger partial charge is 0.0402 e. The van der Waals surface area contributed by atoms with Gasteiger partial charge in [0.2, 0.25) is 0 Å². The maximum Gasteiger partial charge on any atom is 0.0402 e. The zero-order chi connectivity index (χ0) is 10.3. The maximum absolute atomic E-state index is 2.42. The molecule has 0 saturated carbocycles. The second-order valence-corrected chi connectivity index (χ2v) is 4.73. The van der Waals surface area contributed by atoms with Crippen LogP contribution in [0, 0.1) is 5.92 Å². The highest BCUT2D eigenvalue weighted by Crippen LogP contribution is 2.42. The molecule has 1 aromatic carbocycles. The molecule has 1 nitrogen and oxygen atoms in total. The van der Waals surface area contributed by atoms with Gasteiger partial charge >= 0.3 is 0 Å². The van der Waals surface area contributed by atoms with Gasteiger partial charge in [0.25, 0.3) is 0 Å². The number of anilines is 1. The molecule has 1 heteroatoms. The number of fused-ring (bicyclic) bond motifs is 3. The monoisotopic (exact) mass is 199 g/mol. The second kappa shape index (κ2) is 3.41. The molecule has 0 unspecified atom stereocenters. The lowest BCUT2D eigenvalue weighted by Crippen LogP contribution is -2.35. The van der Waals surface area contributed by atoms with E-state index in [1.54, 1.807) is 0 Å². The van der Waals surface area contributed by atoms with Crippen LogP contribution in [0.25, 0.3) is 0 Å². The maximum atomic E-state index is 2.42. The third-order valence-electron chi connectivity index (χ3n) is 3.77. The molecule has 1 heterocycles. The molecule has 78 valence electrons. The highest BCUT2D eigenvalue weighted by molar-refractivity contribution is 5.58. The average Bonchev–Trinajstić information content (AvgIpc) is 2.30. The molecule has 1 aliphatic heterocycles. The summed E-state index contributed by atoms with van der Waals surface area (Å²) in [5.41, 5.74) is 2.94. The summed E-state index contributed by atoms with van der Waals surface area (Å²) in [6.45, 7) is 1.21. The minimum Gasteiger partial charge on any atom is -0.374 e. The molecule has 0 N–H and O–H groups in total. The molecule has 0 fully saturated rings. The van der Waals surface area contributed by atoms with Crippen molar-refractivity contribution in [2.75, 3.05) is 18.5 Å². The summed E-state index contributed by atoms with van der Waals surface area (Å²) in [4.78, 5) is 2.41. The Morgan fingerprint density at radius 1 is 1.27 bits per heavy atom. The number of nitrogens with zero attached hydrogens (tertiary/aromatic N) is 1. The molecule has 3 rings (SSSR count). The summed E-state index contributed by atoms with van der Waals surface area (Å²) in [6.07, 6.45) is 7.38. The van der Waals surface area contributed by atoms with Gasteiger partial charge < -0.3 is 4.90 Å². The molecular weight excluding hydrogens is 182 g/mol. The lowest BCUT2D eigenvalue weighted by atomic mass is 9.76. The third kappa shape index (κ3) is 1.38. The SMILES string of the molecule is CN1C[C@H]2CCC=C[C@H]2c2ccccc21. The molecule has 1 aliphatic carbocycles. The highest BCUT2D eigenvalue weighted by Gasteiger charge is 2.30. The molecule has 15 heavy (non-hydrogen) atoms. The Bertz CT molecular complexity index is 394. The fraction of sp³-hybridized carbons (Fsp3) is 0.429. The van der Waals surface area contributed by atoms with Gasteiger partial charge in [-0.1, -0.05) is 30.4 Å². The van der Waals surface area contributed by atoms with E-state index in [1.807, 2.05) is 0 Å². The normalized spacial score (nSPS) is 28.5. The van der Waals surface area contributed by atoms with Crippen LogP contribution in [-0.2, 0) is 0 Å². The van der Waals surface area contributed by atoms with Crippen LogP contribution in [0.5, 0.6) is 0 Å². The van der Waals surface area contributed by atoms with Crippen LogP contribution < -0.4 is 4.90 Å². The average molecular weight is 199 g/mol. The predicted molar refractivity (Wildman–Crippen MR) is 64.3 cm³/mol. The number of hydrogen-bond donors (Lipinski definition) is 0. The van der Waals surface area contributed by atoms with E-state index in [-0.39, 0.29) is 0 Å². The van der Waals surface area contributed by atoms with Gasteiger partial charge in [-0.3, -0.25) is 0 Å². The van der Waals surface area contributed by atoms with Crippen molar-refractivity contribution < 1.29 is 0 Å². The van der Waals surface area contributed by atoms with E-state index < -0.39 is 0 Å². The lowest BCUT2D eigenvalue weighted by molar-refractivity contribution is 0.416.